The number of nitrogens with zero attached hydrogens (tertiary/aromatic N) is 2. The molecular weight excluding hydrogens is 454 g/mol. The third-order valence-electron chi connectivity index (χ3n) is 6.46. The quantitative estimate of drug-likeness (QED) is 0.226. The maximum atomic E-state index is 5.72. The van der Waals surface area contributed by atoms with Gasteiger partial charge >= 0.3 is 0 Å². The maximum absolute atomic E-state index is 5.72. The van der Waals surface area contributed by atoms with Crippen molar-refractivity contribution in [2.45, 2.75) is 34.2 Å². The number of rotatable bonds is 8. The molecule has 190 valence electrons. The molecule has 4 nitrogen and oxygen atoms in total. The number of hydrogen-bond acceptors (Lipinski definition) is 4. The van der Waals surface area contributed by atoms with E-state index in [9.17, 15) is 0 Å². The summed E-state index contributed by atoms with van der Waals surface area (Å²) in [6.07, 6.45) is 0. The van der Waals surface area contributed by atoms with Gasteiger partial charge in [0, 0.05) is 37.4 Å². The van der Waals surface area contributed by atoms with E-state index >= 15 is 0 Å². The Morgan fingerprint density at radius 1 is 0.757 bits per heavy atom. The largest absolute Gasteiger partial charge is 0.436 e. The SMILES string of the molecule is CCN(CCNCc1ccc(C)cc1)c1ccc(C)cc1.Cc1ccccc1-c1nc2ccccc2o1. The second-order valence-electron chi connectivity index (χ2n) is 9.38. The molecule has 4 heteroatoms. The molecule has 0 radical (unpaired) electrons. The molecule has 0 spiro atoms. The topological polar surface area (TPSA) is 41.3 Å². The van der Waals surface area contributed by atoms with Crippen LogP contribution in [0.5, 0.6) is 0 Å². The minimum atomic E-state index is 0.694. The highest BCUT2D eigenvalue weighted by Crippen LogP contribution is 2.26. The molecular formula is C33H37N3O. The van der Waals surface area contributed by atoms with Gasteiger partial charge in [-0.05, 0) is 69.2 Å². The van der Waals surface area contributed by atoms with Crippen LogP contribution in [0.1, 0.15) is 29.2 Å². The monoisotopic (exact) mass is 491 g/mol. The number of fused-ring (bicyclic) bond motifs is 1. The molecule has 1 aromatic heterocycles. The molecule has 0 saturated carbocycles. The van der Waals surface area contributed by atoms with Crippen molar-refractivity contribution in [3.8, 4) is 11.5 Å². The Morgan fingerprint density at radius 2 is 1.41 bits per heavy atom. The van der Waals surface area contributed by atoms with Gasteiger partial charge in [0.05, 0.1) is 0 Å². The molecule has 5 rings (SSSR count). The van der Waals surface area contributed by atoms with Crippen molar-refractivity contribution in [1.29, 1.82) is 0 Å². The first-order valence-corrected chi connectivity index (χ1v) is 13.0. The number of likely N-dealkylation sites (N-methyl/N-ethyl adjacent to an activating group) is 1. The van der Waals surface area contributed by atoms with Crippen molar-refractivity contribution < 1.29 is 4.42 Å². The van der Waals surface area contributed by atoms with E-state index in [2.05, 4.69) is 97.5 Å². The lowest BCUT2D eigenvalue weighted by Gasteiger charge is -2.23. The first kappa shape index (κ1) is 26.2. The summed E-state index contributed by atoms with van der Waals surface area (Å²) in [6, 6.07) is 33.4. The summed E-state index contributed by atoms with van der Waals surface area (Å²) in [5.74, 6) is 0.694. The Labute approximate surface area is 221 Å². The molecule has 0 atom stereocenters. The van der Waals surface area contributed by atoms with Crippen LogP contribution in [0.2, 0.25) is 0 Å². The van der Waals surface area contributed by atoms with Gasteiger partial charge in [-0.25, -0.2) is 4.98 Å². The molecule has 0 fully saturated rings. The van der Waals surface area contributed by atoms with E-state index in [1.165, 1.54) is 27.9 Å². The Hall–Kier alpha value is -3.89. The summed E-state index contributed by atoms with van der Waals surface area (Å²) >= 11 is 0. The van der Waals surface area contributed by atoms with Gasteiger partial charge < -0.3 is 14.6 Å². The third-order valence-corrected chi connectivity index (χ3v) is 6.46. The lowest BCUT2D eigenvalue weighted by molar-refractivity contribution is 0.619. The van der Waals surface area contributed by atoms with Crippen LogP contribution in [0.15, 0.2) is 101 Å². The highest BCUT2D eigenvalue weighted by Gasteiger charge is 2.09. The van der Waals surface area contributed by atoms with Crippen molar-refractivity contribution >= 4 is 16.8 Å². The number of oxazole rings is 1. The molecule has 0 aliphatic carbocycles. The fourth-order valence-electron chi connectivity index (χ4n) is 4.18. The zero-order valence-electron chi connectivity index (χ0n) is 22.4. The van der Waals surface area contributed by atoms with Crippen molar-refractivity contribution in [2.24, 2.45) is 0 Å². The van der Waals surface area contributed by atoms with E-state index in [-0.39, 0.29) is 0 Å². The summed E-state index contributed by atoms with van der Waals surface area (Å²) in [5.41, 5.74) is 9.25. The van der Waals surface area contributed by atoms with Crippen LogP contribution in [0.25, 0.3) is 22.6 Å². The second kappa shape index (κ2) is 12.9. The minimum absolute atomic E-state index is 0.694. The number of aromatic nitrogens is 1. The van der Waals surface area contributed by atoms with Crippen LogP contribution in [-0.4, -0.2) is 24.6 Å². The smallest absolute Gasteiger partial charge is 0.227 e. The average Bonchev–Trinajstić information content (AvgIpc) is 3.35. The Morgan fingerprint density at radius 3 is 2.08 bits per heavy atom. The van der Waals surface area contributed by atoms with Crippen LogP contribution < -0.4 is 10.2 Å². The first-order chi connectivity index (χ1) is 18.0. The molecule has 0 aliphatic rings. The number of hydrogen-bond donors (Lipinski definition) is 1. The van der Waals surface area contributed by atoms with Crippen molar-refractivity contribution in [1.82, 2.24) is 10.3 Å². The lowest BCUT2D eigenvalue weighted by Crippen LogP contribution is -2.31. The molecule has 1 N–H and O–H groups in total. The fourth-order valence-corrected chi connectivity index (χ4v) is 4.18. The van der Waals surface area contributed by atoms with Gasteiger partial charge in [0.15, 0.2) is 5.58 Å². The van der Waals surface area contributed by atoms with Gasteiger partial charge in [-0.15, -0.1) is 0 Å². The highest BCUT2D eigenvalue weighted by atomic mass is 16.3. The first-order valence-electron chi connectivity index (χ1n) is 13.0. The normalized spacial score (nSPS) is 10.7. The van der Waals surface area contributed by atoms with Crippen LogP contribution in [0.3, 0.4) is 0 Å². The molecule has 0 amide bonds. The maximum Gasteiger partial charge on any atom is 0.227 e. The fraction of sp³-hybridized carbons (Fsp3) is 0.242. The van der Waals surface area contributed by atoms with E-state index in [1.54, 1.807) is 0 Å². The molecule has 0 bridgehead atoms. The van der Waals surface area contributed by atoms with Gasteiger partial charge in [-0.1, -0.05) is 77.9 Å². The van der Waals surface area contributed by atoms with Crippen molar-refractivity contribution in [3.05, 3.63) is 119 Å². The highest BCUT2D eigenvalue weighted by molar-refractivity contribution is 5.76. The van der Waals surface area contributed by atoms with E-state index in [0.717, 1.165) is 42.8 Å². The number of benzene rings is 4. The Balaban J connectivity index is 0.000000179. The predicted molar refractivity (Wildman–Crippen MR) is 156 cm³/mol. The van der Waals surface area contributed by atoms with Crippen LogP contribution in [0.4, 0.5) is 5.69 Å². The minimum Gasteiger partial charge on any atom is -0.436 e. The van der Waals surface area contributed by atoms with Gasteiger partial charge in [0.2, 0.25) is 5.89 Å². The van der Waals surface area contributed by atoms with Gasteiger partial charge in [0.1, 0.15) is 5.52 Å². The standard InChI is InChI=1S/C19H26N2.C14H11NO/c1-4-21(19-11-7-17(3)8-12-19)14-13-20-15-18-9-5-16(2)6-10-18;1-10-6-2-3-7-11(10)14-15-12-8-4-5-9-13(12)16-14/h5-12,20H,4,13-15H2,1-3H3;2-9H,1H3. The zero-order chi connectivity index (χ0) is 26.0. The molecule has 0 aliphatic heterocycles. The number of anilines is 1. The van der Waals surface area contributed by atoms with Gasteiger partial charge in [0.25, 0.3) is 0 Å². The van der Waals surface area contributed by atoms with Gasteiger partial charge in [-0.2, -0.15) is 0 Å². The summed E-state index contributed by atoms with van der Waals surface area (Å²) < 4.78 is 5.72. The summed E-state index contributed by atoms with van der Waals surface area (Å²) in [4.78, 5) is 6.88. The number of aryl methyl sites for hydroxylation is 3. The Kier molecular flexibility index (Phi) is 9.12. The van der Waals surface area contributed by atoms with Crippen molar-refractivity contribution in [3.63, 3.8) is 0 Å². The summed E-state index contributed by atoms with van der Waals surface area (Å²) in [6.45, 7) is 12.5. The van der Waals surface area contributed by atoms with Crippen LogP contribution in [-0.2, 0) is 6.54 Å². The number of para-hydroxylation sites is 2. The van der Waals surface area contributed by atoms with E-state index < -0.39 is 0 Å². The van der Waals surface area contributed by atoms with Crippen LogP contribution in [0, 0.1) is 20.8 Å². The molecule has 0 unspecified atom stereocenters. The van der Waals surface area contributed by atoms with Gasteiger partial charge in [-0.3, -0.25) is 0 Å². The molecule has 37 heavy (non-hydrogen) atoms. The zero-order valence-corrected chi connectivity index (χ0v) is 22.4. The Bertz CT molecular complexity index is 1350. The predicted octanol–water partition coefficient (Wildman–Crippen LogP) is 7.72. The second-order valence-corrected chi connectivity index (χ2v) is 9.38. The van der Waals surface area contributed by atoms with E-state index in [0.29, 0.717) is 5.89 Å². The van der Waals surface area contributed by atoms with Crippen LogP contribution >= 0.6 is 0 Å². The third kappa shape index (κ3) is 7.31. The van der Waals surface area contributed by atoms with Crippen molar-refractivity contribution in [2.75, 3.05) is 24.5 Å². The molecule has 4 aromatic carbocycles. The summed E-state index contributed by atoms with van der Waals surface area (Å²) in [7, 11) is 0. The molecule has 0 saturated heterocycles. The van der Waals surface area contributed by atoms with E-state index in [1.807, 2.05) is 42.5 Å². The van der Waals surface area contributed by atoms with E-state index in [4.69, 9.17) is 4.42 Å². The lowest BCUT2D eigenvalue weighted by atomic mass is 10.1. The average molecular weight is 492 g/mol. The summed E-state index contributed by atoms with van der Waals surface area (Å²) in [5, 5.41) is 3.53. The number of nitrogens with one attached hydrogen (secondary N) is 1. The molecule has 1 heterocycles. The molecule has 5 aromatic rings.